The van der Waals surface area contributed by atoms with Crippen molar-refractivity contribution < 1.29 is 0 Å². The van der Waals surface area contributed by atoms with Crippen LogP contribution in [0.25, 0.3) is 183 Å². The second kappa shape index (κ2) is 27.4. The van der Waals surface area contributed by atoms with Crippen molar-refractivity contribution in [1.82, 2.24) is 13.5 Å². The average molecular weight is 1590 g/mol. The number of hydrogen-bond donors (Lipinski definition) is 0. The van der Waals surface area contributed by atoms with Gasteiger partial charge in [-0.1, -0.05) is 254 Å². The normalized spacial score (nSPS) is 12.2. The Morgan fingerprint density at radius 2 is 0.702 bits per heavy atom. The molecular weight excluding hydrogens is 1510 g/mol. The zero-order valence-electron chi connectivity index (χ0n) is 67.5. The molecule has 6 heterocycles. The number of anilines is 6. The van der Waals surface area contributed by atoms with E-state index in [0.717, 1.165) is 172 Å². The standard InChI is InChI=1S/C112H77N7S2/c1-111(2,3)73-59-88(69-28-10-8-11-29-69)108(90(61-73)71-49-52-84-82-38-18-24-46-102(82)120-104(84)57-71)117(78-34-26-32-76(64-78)115-94-42-20-14-36-80(94)92-56-68(67-113)48-54-98(92)115)100-66-101(107-87-41-17-23-45-97(87)119-96-44-22-16-40-86(96)106(100)110(107)119)118(79-35-27-33-77(65-79)116-95-43-21-15-37-81(95)93-63-75(114-7)51-55-99(93)116)109-89(70-30-12-9-13-31-70)60-74(112(4,5)6)62-91(109)72-50-53-85-83-39-19-25-47-103(83)121-105(85)58-72/h8-66H,1-6H3. The Bertz CT molecular complexity index is 7870. The molecule has 0 N–H and O–H groups in total. The Kier molecular flexibility index (Phi) is 16.2. The van der Waals surface area contributed by atoms with Gasteiger partial charge in [0, 0.05) is 123 Å². The molecule has 0 bridgehead atoms. The third kappa shape index (κ3) is 11.3. The van der Waals surface area contributed by atoms with Crippen molar-refractivity contribution in [2.24, 2.45) is 0 Å². The Labute approximate surface area is 708 Å². The van der Waals surface area contributed by atoms with Gasteiger partial charge in [0.25, 0.3) is 0 Å². The highest BCUT2D eigenvalue weighted by Crippen LogP contribution is 2.60. The minimum absolute atomic E-state index is 0.307. The lowest BCUT2D eigenvalue weighted by Crippen LogP contribution is -2.19. The van der Waals surface area contributed by atoms with Gasteiger partial charge in [-0.25, -0.2) is 4.85 Å². The zero-order valence-corrected chi connectivity index (χ0v) is 69.1. The third-order valence-corrected chi connectivity index (χ3v) is 27.3. The van der Waals surface area contributed by atoms with Gasteiger partial charge < -0.3 is 23.3 Å². The van der Waals surface area contributed by atoms with E-state index in [2.05, 4.69) is 416 Å². The van der Waals surface area contributed by atoms with Gasteiger partial charge in [-0.2, -0.15) is 5.26 Å². The molecule has 0 atom stereocenters. The van der Waals surface area contributed by atoms with Crippen LogP contribution in [-0.2, 0) is 10.8 Å². The van der Waals surface area contributed by atoms with E-state index < -0.39 is 0 Å². The lowest BCUT2D eigenvalue weighted by atomic mass is 9.81. The molecule has 0 radical (unpaired) electrons. The fraction of sp³-hybridized carbons (Fsp3) is 0.0714. The quantitative estimate of drug-likeness (QED) is 0.115. The third-order valence-electron chi connectivity index (χ3n) is 25.0. The Balaban J connectivity index is 0.926. The van der Waals surface area contributed by atoms with Crippen molar-refractivity contribution in [3.63, 3.8) is 0 Å². The fourth-order valence-corrected chi connectivity index (χ4v) is 21.6. The van der Waals surface area contributed by atoms with Crippen molar-refractivity contribution in [1.29, 1.82) is 5.26 Å². The number of rotatable bonds is 12. The molecule has 121 heavy (non-hydrogen) atoms. The number of nitrogens with zero attached hydrogens (tertiary/aromatic N) is 7. The number of para-hydroxylation sites is 4. The van der Waals surface area contributed by atoms with Crippen LogP contribution in [0, 0.1) is 17.9 Å². The molecule has 7 nitrogen and oxygen atoms in total. The minimum atomic E-state index is -0.307. The van der Waals surface area contributed by atoms with Crippen LogP contribution in [0.3, 0.4) is 0 Å². The summed E-state index contributed by atoms with van der Waals surface area (Å²) in [4.78, 5) is 9.32. The summed E-state index contributed by atoms with van der Waals surface area (Å²) in [6, 6.07) is 136. The molecule has 0 aliphatic carbocycles. The van der Waals surface area contributed by atoms with E-state index in [1.165, 1.54) is 51.5 Å². The Hall–Kier alpha value is -14.8. The van der Waals surface area contributed by atoms with Gasteiger partial charge >= 0.3 is 0 Å². The van der Waals surface area contributed by atoms with Crippen molar-refractivity contribution in [2.75, 3.05) is 9.80 Å². The molecule has 0 fully saturated rings. The SMILES string of the molecule is [C-]#[N+]c1ccc2c(c1)c1ccccc1n2-c1cccc(N(c2c(-c3ccccc3)cc(C(C)(C)C)cc2-c2ccc3c(c2)sc2ccccc23)c2cc(N(c3cccc(-n4c5ccccc5c5cc(C#N)ccc54)c3)c3c(-c4ccccc4)cc(C(C)(C)C)cc3-c3ccc4c(c3)sc3ccccc34)c3c4ccccc4n4c5ccccc5c2c34)c1. The van der Waals surface area contributed by atoms with Gasteiger partial charge in [0.2, 0.25) is 0 Å². The summed E-state index contributed by atoms with van der Waals surface area (Å²) in [6.07, 6.45) is 0. The van der Waals surface area contributed by atoms with E-state index in [1.54, 1.807) is 0 Å². The smallest absolute Gasteiger partial charge is 0.188 e. The lowest BCUT2D eigenvalue weighted by molar-refractivity contribution is 0.590. The molecule has 0 aliphatic rings. The summed E-state index contributed by atoms with van der Waals surface area (Å²) in [5.41, 5.74) is 26.9. The molecular formula is C112H77N7S2. The number of thiophene rings is 2. The lowest BCUT2D eigenvalue weighted by Gasteiger charge is -2.36. The van der Waals surface area contributed by atoms with E-state index in [9.17, 15) is 5.26 Å². The van der Waals surface area contributed by atoms with Crippen LogP contribution in [0.15, 0.2) is 358 Å². The first kappa shape index (κ1) is 71.5. The van der Waals surface area contributed by atoms with Gasteiger partial charge in [-0.15, -0.1) is 22.7 Å². The number of fused-ring (bicyclic) bond motifs is 18. The largest absolute Gasteiger partial charge is 0.309 e. The van der Waals surface area contributed by atoms with Crippen LogP contribution in [0.1, 0.15) is 58.2 Å². The number of nitriles is 1. The number of aromatic nitrogens is 3. The molecule has 9 heteroatoms. The fourth-order valence-electron chi connectivity index (χ4n) is 19.3. The first-order valence-electron chi connectivity index (χ1n) is 41.4. The molecule has 0 saturated carbocycles. The minimum Gasteiger partial charge on any atom is -0.309 e. The predicted octanol–water partition coefficient (Wildman–Crippen LogP) is 32.4. The maximum atomic E-state index is 10.6. The maximum absolute atomic E-state index is 10.6. The molecule has 0 spiro atoms. The predicted molar refractivity (Wildman–Crippen MR) is 515 cm³/mol. The first-order valence-corrected chi connectivity index (χ1v) is 43.0. The summed E-state index contributed by atoms with van der Waals surface area (Å²) < 4.78 is 12.3. The van der Waals surface area contributed by atoms with E-state index in [1.807, 2.05) is 40.9 Å². The van der Waals surface area contributed by atoms with Gasteiger partial charge in [0.05, 0.1) is 79.6 Å². The summed E-state index contributed by atoms with van der Waals surface area (Å²) >= 11 is 3.70. The molecule has 0 saturated heterocycles. The van der Waals surface area contributed by atoms with Gasteiger partial charge in [-0.05, 0) is 195 Å². The second-order valence-electron chi connectivity index (χ2n) is 34.1. The van der Waals surface area contributed by atoms with Crippen LogP contribution in [-0.4, -0.2) is 13.5 Å². The highest BCUT2D eigenvalue weighted by molar-refractivity contribution is 7.26. The van der Waals surface area contributed by atoms with Gasteiger partial charge in [0.15, 0.2) is 5.69 Å². The highest BCUT2D eigenvalue weighted by atomic mass is 32.1. The summed E-state index contributed by atoms with van der Waals surface area (Å²) in [5, 5.41) is 24.1. The molecule has 0 amide bonds. The maximum Gasteiger partial charge on any atom is 0.188 e. The molecule has 0 unspecified atom stereocenters. The average Bonchev–Trinajstić information content (AvgIpc) is 1.53. The first-order chi connectivity index (χ1) is 59.2. The molecule has 572 valence electrons. The van der Waals surface area contributed by atoms with Crippen molar-refractivity contribution in [3.8, 4) is 62.0 Å². The Morgan fingerprint density at radius 3 is 1.16 bits per heavy atom. The van der Waals surface area contributed by atoms with Crippen molar-refractivity contribution in [3.05, 3.63) is 386 Å². The van der Waals surface area contributed by atoms with Crippen molar-refractivity contribution >= 4 is 185 Å². The monoisotopic (exact) mass is 1580 g/mol. The van der Waals surface area contributed by atoms with Crippen LogP contribution in [0.2, 0.25) is 0 Å². The highest BCUT2D eigenvalue weighted by Gasteiger charge is 2.36. The molecule has 17 aromatic carbocycles. The van der Waals surface area contributed by atoms with E-state index in [0.29, 0.717) is 11.3 Å². The van der Waals surface area contributed by atoms with E-state index in [-0.39, 0.29) is 10.8 Å². The van der Waals surface area contributed by atoms with Gasteiger partial charge in [0.1, 0.15) is 0 Å². The summed E-state index contributed by atoms with van der Waals surface area (Å²) in [7, 11) is 0. The molecule has 0 aliphatic heterocycles. The van der Waals surface area contributed by atoms with Crippen molar-refractivity contribution in [2.45, 2.75) is 52.4 Å². The van der Waals surface area contributed by atoms with Gasteiger partial charge in [-0.3, -0.25) is 0 Å². The van der Waals surface area contributed by atoms with E-state index in [4.69, 9.17) is 6.57 Å². The van der Waals surface area contributed by atoms with Crippen LogP contribution in [0.4, 0.5) is 39.8 Å². The van der Waals surface area contributed by atoms with Crippen LogP contribution < -0.4 is 9.80 Å². The summed E-state index contributed by atoms with van der Waals surface area (Å²) in [6.45, 7) is 22.4. The molecule has 6 aromatic heterocycles. The zero-order chi connectivity index (χ0) is 81.3. The topological polar surface area (TPSA) is 48.9 Å². The van der Waals surface area contributed by atoms with Crippen LogP contribution >= 0.6 is 22.7 Å². The summed E-state index contributed by atoms with van der Waals surface area (Å²) in [5.74, 6) is 0. The second-order valence-corrected chi connectivity index (χ2v) is 36.3. The number of benzene rings is 17. The molecule has 23 rings (SSSR count). The number of hydrogen-bond acceptors (Lipinski definition) is 5. The Morgan fingerprint density at radius 1 is 0.314 bits per heavy atom. The van der Waals surface area contributed by atoms with Crippen LogP contribution in [0.5, 0.6) is 0 Å². The molecule has 23 aromatic rings. The van der Waals surface area contributed by atoms with E-state index >= 15 is 0 Å².